The van der Waals surface area contributed by atoms with Crippen molar-refractivity contribution in [3.05, 3.63) is 173 Å². The van der Waals surface area contributed by atoms with Gasteiger partial charge in [0.1, 0.15) is 11.5 Å². The predicted octanol–water partition coefficient (Wildman–Crippen LogP) is 10.3. The summed E-state index contributed by atoms with van der Waals surface area (Å²) in [4.78, 5) is 2.53. The van der Waals surface area contributed by atoms with Crippen LogP contribution >= 0.6 is 0 Å². The molecule has 1 spiro atoms. The molecule has 0 saturated heterocycles. The minimum atomic E-state index is -0.560. The first-order valence-corrected chi connectivity index (χ1v) is 14.7. The van der Waals surface area contributed by atoms with E-state index in [0.29, 0.717) is 0 Å². The molecule has 0 atom stereocenters. The van der Waals surface area contributed by atoms with Crippen molar-refractivity contribution in [2.75, 3.05) is 4.90 Å². The van der Waals surface area contributed by atoms with E-state index < -0.39 is 5.41 Å². The molecule has 0 unspecified atom stereocenters. The zero-order chi connectivity index (χ0) is 28.1. The third kappa shape index (κ3) is 2.84. The third-order valence-electron chi connectivity index (χ3n) is 9.71. The van der Waals surface area contributed by atoms with Crippen LogP contribution < -0.4 is 9.64 Å². The van der Waals surface area contributed by atoms with Crippen molar-refractivity contribution in [3.63, 3.8) is 0 Å². The van der Waals surface area contributed by atoms with Gasteiger partial charge in [0.2, 0.25) is 0 Å². The number of hydrogen-bond acceptors (Lipinski definition) is 2. The molecule has 0 N–H and O–H groups in total. The predicted molar refractivity (Wildman–Crippen MR) is 171 cm³/mol. The van der Waals surface area contributed by atoms with Gasteiger partial charge in [0.25, 0.3) is 0 Å². The summed E-state index contributed by atoms with van der Waals surface area (Å²) in [5.41, 5.74) is 13.1. The fourth-order valence-electron chi connectivity index (χ4n) is 7.87. The lowest BCUT2D eigenvalue weighted by molar-refractivity contribution is 0.433. The summed E-state index contributed by atoms with van der Waals surface area (Å²) in [7, 11) is 0. The van der Waals surface area contributed by atoms with Crippen LogP contribution in [0.25, 0.3) is 11.1 Å². The lowest BCUT2D eigenvalue weighted by Gasteiger charge is -2.52. The second-order valence-electron chi connectivity index (χ2n) is 12.1. The largest absolute Gasteiger partial charge is 0.457 e. The van der Waals surface area contributed by atoms with E-state index >= 15 is 0 Å². The zero-order valence-electron chi connectivity index (χ0n) is 23.6. The van der Waals surface area contributed by atoms with Gasteiger partial charge in [0, 0.05) is 16.5 Å². The molecule has 3 aliphatic rings. The first kappa shape index (κ1) is 23.6. The maximum absolute atomic E-state index is 6.63. The molecule has 0 aromatic heterocycles. The van der Waals surface area contributed by atoms with Gasteiger partial charge < -0.3 is 9.64 Å². The second-order valence-corrected chi connectivity index (χ2v) is 12.1. The molecule has 0 radical (unpaired) electrons. The Labute approximate surface area is 246 Å². The Morgan fingerprint density at radius 3 is 1.76 bits per heavy atom. The van der Waals surface area contributed by atoms with Crippen molar-refractivity contribution in [2.24, 2.45) is 0 Å². The lowest BCUT2D eigenvalue weighted by atomic mass is 9.59. The topological polar surface area (TPSA) is 12.5 Å². The fraction of sp³-hybridized carbons (Fsp3) is 0.100. The van der Waals surface area contributed by atoms with E-state index in [1.807, 2.05) is 0 Å². The monoisotopic (exact) mass is 539 g/mol. The van der Waals surface area contributed by atoms with Gasteiger partial charge in [0.05, 0.1) is 22.5 Å². The van der Waals surface area contributed by atoms with Gasteiger partial charge in [0.15, 0.2) is 0 Å². The first-order valence-electron chi connectivity index (χ1n) is 14.7. The van der Waals surface area contributed by atoms with Crippen LogP contribution in [0.1, 0.15) is 47.2 Å². The van der Waals surface area contributed by atoms with E-state index in [2.05, 4.69) is 158 Å². The van der Waals surface area contributed by atoms with Gasteiger partial charge in [-0.2, -0.15) is 0 Å². The molecular weight excluding hydrogens is 510 g/mol. The fourth-order valence-corrected chi connectivity index (χ4v) is 7.87. The SMILES string of the molecule is CC1(C)c2ccccc2N2c3ccc(-c4ccccc4)cc3C3(c4ccccc4Oc4ccccc43)c3cccc1c32. The Kier molecular flexibility index (Phi) is 4.63. The van der Waals surface area contributed by atoms with E-state index in [0.717, 1.165) is 11.5 Å². The number of fused-ring (bicyclic) bond motifs is 10. The van der Waals surface area contributed by atoms with Crippen LogP contribution in [0.2, 0.25) is 0 Å². The number of para-hydroxylation sites is 4. The summed E-state index contributed by atoms with van der Waals surface area (Å²) in [6.07, 6.45) is 0. The Morgan fingerprint density at radius 2 is 1.02 bits per heavy atom. The molecule has 200 valence electrons. The van der Waals surface area contributed by atoms with E-state index in [-0.39, 0.29) is 5.41 Å². The third-order valence-corrected chi connectivity index (χ3v) is 9.71. The summed E-state index contributed by atoms with van der Waals surface area (Å²) >= 11 is 0. The summed E-state index contributed by atoms with van der Waals surface area (Å²) in [5, 5.41) is 0. The molecule has 3 heterocycles. The van der Waals surface area contributed by atoms with E-state index in [9.17, 15) is 0 Å². The summed E-state index contributed by atoms with van der Waals surface area (Å²) in [5.74, 6) is 1.82. The highest BCUT2D eigenvalue weighted by atomic mass is 16.5. The van der Waals surface area contributed by atoms with E-state index in [1.165, 1.54) is 61.6 Å². The Balaban J connectivity index is 1.50. The number of rotatable bonds is 1. The lowest BCUT2D eigenvalue weighted by Crippen LogP contribution is -2.43. The van der Waals surface area contributed by atoms with Crippen LogP contribution in [0.5, 0.6) is 11.5 Å². The van der Waals surface area contributed by atoms with Gasteiger partial charge in [-0.05, 0) is 63.7 Å². The number of nitrogens with zero attached hydrogens (tertiary/aromatic N) is 1. The number of ether oxygens (including phenoxy) is 1. The average Bonchev–Trinajstić information content (AvgIpc) is 3.04. The molecule has 0 amide bonds. The molecule has 0 bridgehead atoms. The Morgan fingerprint density at radius 1 is 0.452 bits per heavy atom. The van der Waals surface area contributed by atoms with Crippen LogP contribution in [0.15, 0.2) is 140 Å². The van der Waals surface area contributed by atoms with Gasteiger partial charge in [-0.1, -0.05) is 123 Å². The standard InChI is InChI=1S/C40H29NO/c1-39(2)28-15-6-9-20-34(28)41-35-24-23-27(26-13-4-3-5-14-26)25-33(35)40(32-19-12-18-31(39)38(32)41)29-16-7-10-21-36(29)42-37-22-11-8-17-30(37)40/h3-25H,1-2H3. The molecule has 2 heteroatoms. The molecule has 6 aromatic rings. The highest BCUT2D eigenvalue weighted by molar-refractivity contribution is 5.96. The van der Waals surface area contributed by atoms with Crippen LogP contribution in [0.3, 0.4) is 0 Å². The highest BCUT2D eigenvalue weighted by Crippen LogP contribution is 2.66. The van der Waals surface area contributed by atoms with Crippen LogP contribution in [0.4, 0.5) is 17.1 Å². The smallest absolute Gasteiger partial charge is 0.132 e. The molecule has 0 saturated carbocycles. The van der Waals surface area contributed by atoms with Crippen molar-refractivity contribution < 1.29 is 4.74 Å². The highest BCUT2D eigenvalue weighted by Gasteiger charge is 2.54. The molecule has 42 heavy (non-hydrogen) atoms. The van der Waals surface area contributed by atoms with E-state index in [4.69, 9.17) is 4.74 Å². The van der Waals surface area contributed by atoms with Crippen molar-refractivity contribution >= 4 is 17.1 Å². The van der Waals surface area contributed by atoms with E-state index in [1.54, 1.807) is 0 Å². The van der Waals surface area contributed by atoms with Gasteiger partial charge in [-0.25, -0.2) is 0 Å². The summed E-state index contributed by atoms with van der Waals surface area (Å²) in [6.45, 7) is 4.73. The van der Waals surface area contributed by atoms with Crippen LogP contribution in [0, 0.1) is 0 Å². The molecule has 0 aliphatic carbocycles. The van der Waals surface area contributed by atoms with Gasteiger partial charge in [-0.3, -0.25) is 0 Å². The Hall–Kier alpha value is -5.08. The average molecular weight is 540 g/mol. The van der Waals surface area contributed by atoms with Crippen LogP contribution in [-0.2, 0) is 10.8 Å². The van der Waals surface area contributed by atoms with Crippen molar-refractivity contribution in [2.45, 2.75) is 24.7 Å². The molecule has 3 aliphatic heterocycles. The molecule has 2 nitrogen and oxygen atoms in total. The quantitative estimate of drug-likeness (QED) is 0.206. The maximum atomic E-state index is 6.63. The normalized spacial score (nSPS) is 15.9. The minimum absolute atomic E-state index is 0.161. The minimum Gasteiger partial charge on any atom is -0.457 e. The zero-order valence-corrected chi connectivity index (χ0v) is 23.6. The summed E-state index contributed by atoms with van der Waals surface area (Å²) < 4.78 is 6.63. The number of anilines is 3. The molecular formula is C40H29NO. The van der Waals surface area contributed by atoms with Crippen molar-refractivity contribution in [3.8, 4) is 22.6 Å². The molecule has 6 aromatic carbocycles. The number of benzene rings is 6. The van der Waals surface area contributed by atoms with Crippen LogP contribution in [-0.4, -0.2) is 0 Å². The molecule has 9 rings (SSSR count). The summed E-state index contributed by atoms with van der Waals surface area (Å²) in [6, 6.07) is 50.9. The second kappa shape index (κ2) is 8.24. The van der Waals surface area contributed by atoms with Crippen molar-refractivity contribution in [1.82, 2.24) is 0 Å². The molecule has 0 fully saturated rings. The first-order chi connectivity index (χ1) is 20.6. The number of hydrogen-bond donors (Lipinski definition) is 0. The van der Waals surface area contributed by atoms with Crippen molar-refractivity contribution in [1.29, 1.82) is 0 Å². The van der Waals surface area contributed by atoms with Gasteiger partial charge >= 0.3 is 0 Å². The van der Waals surface area contributed by atoms with Gasteiger partial charge in [-0.15, -0.1) is 0 Å². The Bertz CT molecular complexity index is 2010. The maximum Gasteiger partial charge on any atom is 0.132 e.